The van der Waals surface area contributed by atoms with Gasteiger partial charge in [-0.1, -0.05) is 0 Å². The number of hydrogen-bond acceptors (Lipinski definition) is 4. The molecule has 5 N–H and O–H groups in total. The molecule has 6 heteroatoms. The van der Waals surface area contributed by atoms with Crippen LogP contribution in [0, 0.1) is 0 Å². The molecule has 6 nitrogen and oxygen atoms in total. The van der Waals surface area contributed by atoms with Crippen molar-refractivity contribution in [1.29, 1.82) is 0 Å². The van der Waals surface area contributed by atoms with Crippen LogP contribution in [0.15, 0.2) is 11.0 Å². The Morgan fingerprint density at radius 1 is 1.67 bits per heavy atom. The van der Waals surface area contributed by atoms with E-state index in [4.69, 9.17) is 11.5 Å². The molecule has 0 aromatic carbocycles. The van der Waals surface area contributed by atoms with Crippen LogP contribution in [0.4, 0.5) is 5.95 Å². The number of hydrogen-bond donors (Lipinski definition) is 3. The molecule has 64 valence electrons. The van der Waals surface area contributed by atoms with Crippen molar-refractivity contribution in [1.82, 2.24) is 9.97 Å². The molecule has 1 rings (SSSR count). The van der Waals surface area contributed by atoms with Gasteiger partial charge in [0, 0.05) is 11.8 Å². The molecule has 0 spiro atoms. The van der Waals surface area contributed by atoms with E-state index in [1.807, 2.05) is 0 Å². The van der Waals surface area contributed by atoms with Crippen molar-refractivity contribution in [2.75, 3.05) is 5.73 Å². The molecule has 0 saturated heterocycles. The summed E-state index contributed by atoms with van der Waals surface area (Å²) in [6, 6.07) is 0. The highest BCUT2D eigenvalue weighted by atomic mass is 16.1. The molecule has 0 aliphatic carbocycles. The molecule has 0 radical (unpaired) electrons. The third-order valence-electron chi connectivity index (χ3n) is 1.26. The van der Waals surface area contributed by atoms with Crippen molar-refractivity contribution in [3.8, 4) is 0 Å². The summed E-state index contributed by atoms with van der Waals surface area (Å²) < 4.78 is 0. The second-order valence-corrected chi connectivity index (χ2v) is 2.27. The van der Waals surface area contributed by atoms with Crippen molar-refractivity contribution in [2.45, 2.75) is 6.42 Å². The highest BCUT2D eigenvalue weighted by molar-refractivity contribution is 5.76. The molecule has 12 heavy (non-hydrogen) atoms. The lowest BCUT2D eigenvalue weighted by molar-refractivity contribution is -0.117. The lowest BCUT2D eigenvalue weighted by atomic mass is 10.2. The van der Waals surface area contributed by atoms with E-state index < -0.39 is 11.5 Å². The SMILES string of the molecule is NC(=O)Cc1cnc(N)[nH]c1=O. The second-order valence-electron chi connectivity index (χ2n) is 2.27. The summed E-state index contributed by atoms with van der Waals surface area (Å²) in [7, 11) is 0. The van der Waals surface area contributed by atoms with Crippen LogP contribution in [0.5, 0.6) is 0 Å². The summed E-state index contributed by atoms with van der Waals surface area (Å²) in [4.78, 5) is 27.3. The molecule has 0 atom stereocenters. The number of aromatic nitrogens is 2. The number of primary amides is 1. The summed E-state index contributed by atoms with van der Waals surface area (Å²) in [6.45, 7) is 0. The monoisotopic (exact) mass is 168 g/mol. The summed E-state index contributed by atoms with van der Waals surface area (Å²) in [5.41, 5.74) is 9.85. The van der Waals surface area contributed by atoms with Gasteiger partial charge in [-0.15, -0.1) is 0 Å². The van der Waals surface area contributed by atoms with E-state index >= 15 is 0 Å². The number of carbonyl (C=O) groups is 1. The lowest BCUT2D eigenvalue weighted by Gasteiger charge is -1.95. The first kappa shape index (κ1) is 8.25. The van der Waals surface area contributed by atoms with E-state index in [1.165, 1.54) is 6.20 Å². The van der Waals surface area contributed by atoms with Crippen molar-refractivity contribution in [3.63, 3.8) is 0 Å². The Morgan fingerprint density at radius 3 is 2.83 bits per heavy atom. The first-order valence-electron chi connectivity index (χ1n) is 3.21. The van der Waals surface area contributed by atoms with Crippen LogP contribution in [0.3, 0.4) is 0 Å². The maximum Gasteiger partial charge on any atom is 0.255 e. The Kier molecular flexibility index (Phi) is 2.09. The second kappa shape index (κ2) is 3.04. The number of nitrogens with two attached hydrogens (primary N) is 2. The summed E-state index contributed by atoms with van der Waals surface area (Å²) in [5.74, 6) is -0.555. The maximum absolute atomic E-state index is 11.0. The van der Waals surface area contributed by atoms with Crippen LogP contribution in [-0.4, -0.2) is 15.9 Å². The summed E-state index contributed by atoms with van der Waals surface area (Å²) in [6.07, 6.45) is 1.11. The third kappa shape index (κ3) is 1.82. The molecule has 0 bridgehead atoms. The highest BCUT2D eigenvalue weighted by Crippen LogP contribution is 1.90. The van der Waals surface area contributed by atoms with Gasteiger partial charge in [-0.05, 0) is 0 Å². The van der Waals surface area contributed by atoms with Crippen LogP contribution in [0.1, 0.15) is 5.56 Å². The van der Waals surface area contributed by atoms with Crippen molar-refractivity contribution < 1.29 is 4.79 Å². The van der Waals surface area contributed by atoms with Gasteiger partial charge >= 0.3 is 0 Å². The van der Waals surface area contributed by atoms with Crippen LogP contribution < -0.4 is 17.0 Å². The fraction of sp³-hybridized carbons (Fsp3) is 0.167. The Balaban J connectivity index is 3.02. The fourth-order valence-electron chi connectivity index (χ4n) is 0.749. The molecule has 1 aromatic heterocycles. The zero-order chi connectivity index (χ0) is 9.14. The molecule has 0 fully saturated rings. The largest absolute Gasteiger partial charge is 0.369 e. The van der Waals surface area contributed by atoms with Gasteiger partial charge in [0.2, 0.25) is 5.91 Å². The van der Waals surface area contributed by atoms with Crippen LogP contribution in [0.25, 0.3) is 0 Å². The molecule has 0 aliphatic rings. The number of anilines is 1. The van der Waals surface area contributed by atoms with Crippen molar-refractivity contribution in [2.24, 2.45) is 5.73 Å². The molecule has 0 aliphatic heterocycles. The smallest absolute Gasteiger partial charge is 0.255 e. The average Bonchev–Trinajstić information content (AvgIpc) is 1.94. The van der Waals surface area contributed by atoms with E-state index in [9.17, 15) is 9.59 Å². The number of amides is 1. The van der Waals surface area contributed by atoms with Gasteiger partial charge in [0.1, 0.15) is 0 Å². The van der Waals surface area contributed by atoms with E-state index in [-0.39, 0.29) is 17.9 Å². The fourth-order valence-corrected chi connectivity index (χ4v) is 0.749. The molecular formula is C6H8N4O2. The van der Waals surface area contributed by atoms with Gasteiger partial charge in [0.25, 0.3) is 5.56 Å². The number of rotatable bonds is 2. The number of carbonyl (C=O) groups excluding carboxylic acids is 1. The first-order chi connectivity index (χ1) is 5.59. The van der Waals surface area contributed by atoms with Gasteiger partial charge in [-0.25, -0.2) is 4.98 Å². The molecule has 1 aromatic rings. The lowest BCUT2D eigenvalue weighted by Crippen LogP contribution is -2.22. The van der Waals surface area contributed by atoms with Gasteiger partial charge in [-0.2, -0.15) is 0 Å². The standard InChI is InChI=1S/C6H8N4O2/c7-4(11)1-3-2-9-6(8)10-5(3)12/h2H,1H2,(H2,7,11)(H3,8,9,10,12). The summed E-state index contributed by atoms with van der Waals surface area (Å²) in [5, 5.41) is 0. The minimum atomic E-state index is -0.577. The molecule has 0 unspecified atom stereocenters. The normalized spacial score (nSPS) is 9.67. The number of nitrogens with one attached hydrogen (secondary N) is 1. The predicted octanol–water partition coefficient (Wildman–Crippen LogP) is -1.62. The molecule has 1 heterocycles. The van der Waals surface area contributed by atoms with E-state index in [2.05, 4.69) is 9.97 Å². The Morgan fingerprint density at radius 2 is 2.33 bits per heavy atom. The topological polar surface area (TPSA) is 115 Å². The van der Waals surface area contributed by atoms with Crippen molar-refractivity contribution >= 4 is 11.9 Å². The predicted molar refractivity (Wildman–Crippen MR) is 42.2 cm³/mol. The zero-order valence-corrected chi connectivity index (χ0v) is 6.20. The van der Waals surface area contributed by atoms with E-state index in [0.717, 1.165) is 0 Å². The number of aromatic amines is 1. The van der Waals surface area contributed by atoms with E-state index in [1.54, 1.807) is 0 Å². The Hall–Kier alpha value is -1.85. The number of nitrogen functional groups attached to an aromatic ring is 1. The maximum atomic E-state index is 11.0. The minimum absolute atomic E-state index is 0.0215. The summed E-state index contributed by atoms with van der Waals surface area (Å²) >= 11 is 0. The Bertz CT molecular complexity index is 357. The number of nitrogens with zero attached hydrogens (tertiary/aromatic N) is 1. The minimum Gasteiger partial charge on any atom is -0.369 e. The van der Waals surface area contributed by atoms with Gasteiger partial charge < -0.3 is 11.5 Å². The van der Waals surface area contributed by atoms with Crippen LogP contribution >= 0.6 is 0 Å². The quantitative estimate of drug-likeness (QED) is 0.492. The first-order valence-corrected chi connectivity index (χ1v) is 3.21. The molecular weight excluding hydrogens is 160 g/mol. The van der Waals surface area contributed by atoms with Crippen molar-refractivity contribution in [3.05, 3.63) is 22.1 Å². The van der Waals surface area contributed by atoms with Gasteiger partial charge in [0.15, 0.2) is 5.95 Å². The molecule has 1 amide bonds. The Labute approximate surface area is 67.6 Å². The van der Waals surface area contributed by atoms with Crippen LogP contribution in [-0.2, 0) is 11.2 Å². The van der Waals surface area contributed by atoms with Gasteiger partial charge in [0.05, 0.1) is 6.42 Å². The van der Waals surface area contributed by atoms with E-state index in [0.29, 0.717) is 0 Å². The van der Waals surface area contributed by atoms with Gasteiger partial charge in [-0.3, -0.25) is 14.6 Å². The zero-order valence-electron chi connectivity index (χ0n) is 6.20. The highest BCUT2D eigenvalue weighted by Gasteiger charge is 2.03. The molecule has 0 saturated carbocycles. The number of H-pyrrole nitrogens is 1. The third-order valence-corrected chi connectivity index (χ3v) is 1.26. The van der Waals surface area contributed by atoms with Crippen LogP contribution in [0.2, 0.25) is 0 Å². The average molecular weight is 168 g/mol.